The van der Waals surface area contributed by atoms with Crippen molar-refractivity contribution >= 4 is 17.4 Å². The highest BCUT2D eigenvalue weighted by Gasteiger charge is 2.22. The first kappa shape index (κ1) is 13.2. The van der Waals surface area contributed by atoms with Crippen molar-refractivity contribution in [3.05, 3.63) is 40.6 Å². The summed E-state index contributed by atoms with van der Waals surface area (Å²) in [5, 5.41) is 5.16. The van der Waals surface area contributed by atoms with Crippen LogP contribution >= 0.6 is 11.3 Å². The Morgan fingerprint density at radius 2 is 2.50 bits per heavy atom. The number of carbonyl (C=O) groups excluding carboxylic acids is 1. The largest absolute Gasteiger partial charge is 0.335 e. The van der Waals surface area contributed by atoms with Gasteiger partial charge in [0, 0.05) is 42.9 Å². The molecule has 2 aromatic rings. The summed E-state index contributed by atoms with van der Waals surface area (Å²) in [6.07, 6.45) is 6.38. The Balaban J connectivity index is 1.54. The summed E-state index contributed by atoms with van der Waals surface area (Å²) in [4.78, 5) is 19.6. The van der Waals surface area contributed by atoms with E-state index < -0.39 is 0 Å². The third-order valence-corrected chi connectivity index (χ3v) is 4.53. The molecule has 20 heavy (non-hydrogen) atoms. The maximum atomic E-state index is 12.3. The van der Waals surface area contributed by atoms with Gasteiger partial charge in [-0.2, -0.15) is 0 Å². The molecule has 1 aliphatic rings. The molecule has 1 N–H and O–H groups in total. The highest BCUT2D eigenvalue weighted by molar-refractivity contribution is 7.10. The zero-order valence-electron chi connectivity index (χ0n) is 11.5. The zero-order chi connectivity index (χ0) is 13.9. The molecule has 0 radical (unpaired) electrons. The SMILES string of the molecule is C[C@@H](Cn1ccnc1)NC(=O)N1CCc2sccc2C1. The van der Waals surface area contributed by atoms with Gasteiger partial charge in [-0.25, -0.2) is 9.78 Å². The number of urea groups is 1. The van der Waals surface area contributed by atoms with Crippen molar-refractivity contribution in [2.75, 3.05) is 6.54 Å². The van der Waals surface area contributed by atoms with Gasteiger partial charge in [-0.05, 0) is 30.4 Å². The van der Waals surface area contributed by atoms with E-state index in [4.69, 9.17) is 0 Å². The van der Waals surface area contributed by atoms with Crippen LogP contribution in [0.15, 0.2) is 30.2 Å². The quantitative estimate of drug-likeness (QED) is 0.941. The molecule has 1 atom stereocenters. The lowest BCUT2D eigenvalue weighted by atomic mass is 10.1. The second kappa shape index (κ2) is 5.66. The number of thiophene rings is 1. The van der Waals surface area contributed by atoms with Crippen LogP contribution in [0.25, 0.3) is 0 Å². The van der Waals surface area contributed by atoms with Crippen LogP contribution in [0.5, 0.6) is 0 Å². The summed E-state index contributed by atoms with van der Waals surface area (Å²) in [5.74, 6) is 0. The average molecular weight is 290 g/mol. The van der Waals surface area contributed by atoms with Gasteiger partial charge in [-0.1, -0.05) is 0 Å². The van der Waals surface area contributed by atoms with E-state index in [-0.39, 0.29) is 12.1 Å². The van der Waals surface area contributed by atoms with Crippen molar-refractivity contribution in [2.24, 2.45) is 0 Å². The van der Waals surface area contributed by atoms with E-state index in [0.29, 0.717) is 0 Å². The topological polar surface area (TPSA) is 50.2 Å². The number of fused-ring (bicyclic) bond motifs is 1. The van der Waals surface area contributed by atoms with E-state index in [1.807, 2.05) is 22.6 Å². The molecular formula is C14H18N4OS. The summed E-state index contributed by atoms with van der Waals surface area (Å²) in [5.41, 5.74) is 1.29. The van der Waals surface area contributed by atoms with Crippen LogP contribution in [0.3, 0.4) is 0 Å². The molecule has 2 amide bonds. The molecule has 3 rings (SSSR count). The maximum Gasteiger partial charge on any atom is 0.317 e. The van der Waals surface area contributed by atoms with Crippen LogP contribution in [-0.4, -0.2) is 33.1 Å². The minimum absolute atomic E-state index is 0.0227. The number of amides is 2. The standard InChI is InChI=1S/C14H18N4OS/c1-11(8-17-6-4-15-10-17)16-14(19)18-5-2-13-12(9-18)3-7-20-13/h3-4,6-7,10-11H,2,5,8-9H2,1H3,(H,16,19)/t11-/m0/s1. The van der Waals surface area contributed by atoms with Gasteiger partial charge < -0.3 is 14.8 Å². The first-order chi connectivity index (χ1) is 9.72. The number of hydrogen-bond acceptors (Lipinski definition) is 3. The van der Waals surface area contributed by atoms with Gasteiger partial charge in [-0.15, -0.1) is 11.3 Å². The monoisotopic (exact) mass is 290 g/mol. The van der Waals surface area contributed by atoms with Crippen molar-refractivity contribution in [2.45, 2.75) is 32.5 Å². The summed E-state index contributed by atoms with van der Waals surface area (Å²) in [7, 11) is 0. The highest BCUT2D eigenvalue weighted by atomic mass is 32.1. The third kappa shape index (κ3) is 2.85. The predicted molar refractivity (Wildman–Crippen MR) is 78.7 cm³/mol. The molecule has 6 heteroatoms. The molecule has 0 unspecified atom stereocenters. The van der Waals surface area contributed by atoms with Gasteiger partial charge in [0.05, 0.1) is 6.33 Å². The second-order valence-electron chi connectivity index (χ2n) is 5.15. The Hall–Kier alpha value is -1.82. The smallest absolute Gasteiger partial charge is 0.317 e. The number of rotatable bonds is 3. The fourth-order valence-electron chi connectivity index (χ4n) is 2.48. The molecule has 5 nitrogen and oxygen atoms in total. The number of carbonyl (C=O) groups is 1. The van der Waals surface area contributed by atoms with Crippen LogP contribution in [0.1, 0.15) is 17.4 Å². The van der Waals surface area contributed by atoms with Gasteiger partial charge in [0.2, 0.25) is 0 Å². The Morgan fingerprint density at radius 3 is 3.30 bits per heavy atom. The predicted octanol–water partition coefficient (Wildman–Crippen LogP) is 2.10. The first-order valence-electron chi connectivity index (χ1n) is 6.79. The molecule has 0 spiro atoms. The van der Waals surface area contributed by atoms with Gasteiger partial charge >= 0.3 is 6.03 Å². The van der Waals surface area contributed by atoms with Gasteiger partial charge in [0.25, 0.3) is 0 Å². The molecule has 0 saturated carbocycles. The average Bonchev–Trinajstić information content (AvgIpc) is 3.07. The number of nitrogens with zero attached hydrogens (tertiary/aromatic N) is 3. The molecule has 3 heterocycles. The molecule has 0 aromatic carbocycles. The molecule has 0 aliphatic carbocycles. The Bertz CT molecular complexity index is 578. The van der Waals surface area contributed by atoms with Crippen molar-refractivity contribution < 1.29 is 4.79 Å². The Kier molecular flexibility index (Phi) is 3.73. The molecule has 1 aliphatic heterocycles. The third-order valence-electron chi connectivity index (χ3n) is 3.51. The van der Waals surface area contributed by atoms with Crippen molar-refractivity contribution in [3.63, 3.8) is 0 Å². The van der Waals surface area contributed by atoms with Gasteiger partial charge in [0.1, 0.15) is 0 Å². The molecule has 0 fully saturated rings. The fourth-order valence-corrected chi connectivity index (χ4v) is 3.37. The minimum atomic E-state index is 0.0227. The Labute approximate surface area is 122 Å². The van der Waals surface area contributed by atoms with E-state index in [1.54, 1.807) is 23.9 Å². The summed E-state index contributed by atoms with van der Waals surface area (Å²) >= 11 is 1.79. The van der Waals surface area contributed by atoms with E-state index in [9.17, 15) is 4.79 Å². The summed E-state index contributed by atoms with van der Waals surface area (Å²) in [6.45, 7) is 4.28. The highest BCUT2D eigenvalue weighted by Crippen LogP contribution is 2.23. The van der Waals surface area contributed by atoms with E-state index in [2.05, 4.69) is 21.7 Å². The number of hydrogen-bond donors (Lipinski definition) is 1. The van der Waals surface area contributed by atoms with Crippen molar-refractivity contribution in [1.82, 2.24) is 19.8 Å². The molecule has 0 saturated heterocycles. The van der Waals surface area contributed by atoms with Crippen molar-refractivity contribution in [3.8, 4) is 0 Å². The number of aromatic nitrogens is 2. The second-order valence-corrected chi connectivity index (χ2v) is 6.15. The normalized spacial score (nSPS) is 15.8. The van der Waals surface area contributed by atoms with Crippen LogP contribution in [0.2, 0.25) is 0 Å². The van der Waals surface area contributed by atoms with Crippen LogP contribution in [0.4, 0.5) is 4.79 Å². The van der Waals surface area contributed by atoms with E-state index in [1.165, 1.54) is 10.4 Å². The zero-order valence-corrected chi connectivity index (χ0v) is 12.3. The molecule has 2 aromatic heterocycles. The van der Waals surface area contributed by atoms with Gasteiger partial charge in [-0.3, -0.25) is 0 Å². The lowest BCUT2D eigenvalue weighted by Crippen LogP contribution is -2.46. The van der Waals surface area contributed by atoms with Crippen LogP contribution in [0, 0.1) is 0 Å². The van der Waals surface area contributed by atoms with E-state index in [0.717, 1.165) is 26.1 Å². The molecular weight excluding hydrogens is 272 g/mol. The minimum Gasteiger partial charge on any atom is -0.335 e. The molecule has 0 bridgehead atoms. The van der Waals surface area contributed by atoms with Crippen LogP contribution < -0.4 is 5.32 Å². The summed E-state index contributed by atoms with van der Waals surface area (Å²) in [6, 6.07) is 2.23. The Morgan fingerprint density at radius 1 is 1.60 bits per heavy atom. The van der Waals surface area contributed by atoms with E-state index >= 15 is 0 Å². The summed E-state index contributed by atoms with van der Waals surface area (Å²) < 4.78 is 1.97. The molecule has 106 valence electrons. The lowest BCUT2D eigenvalue weighted by molar-refractivity contribution is 0.188. The lowest BCUT2D eigenvalue weighted by Gasteiger charge is -2.28. The first-order valence-corrected chi connectivity index (χ1v) is 7.67. The maximum absolute atomic E-state index is 12.3. The van der Waals surface area contributed by atoms with Crippen LogP contribution in [-0.2, 0) is 19.5 Å². The van der Waals surface area contributed by atoms with Crippen molar-refractivity contribution in [1.29, 1.82) is 0 Å². The fraction of sp³-hybridized carbons (Fsp3) is 0.429. The number of imidazole rings is 1. The number of nitrogens with one attached hydrogen (secondary N) is 1. The van der Waals surface area contributed by atoms with Gasteiger partial charge in [0.15, 0.2) is 0 Å².